The second kappa shape index (κ2) is 5.52. The molecular weight excluding hydrogens is 253 g/mol. The molecule has 1 rings (SSSR count). The van der Waals surface area contributed by atoms with E-state index in [0.29, 0.717) is 5.56 Å². The number of carbonyl (C=O) groups is 2. The van der Waals surface area contributed by atoms with Gasteiger partial charge < -0.3 is 9.84 Å². The van der Waals surface area contributed by atoms with E-state index in [2.05, 4.69) is 4.74 Å². The van der Waals surface area contributed by atoms with E-state index in [0.717, 1.165) is 0 Å². The summed E-state index contributed by atoms with van der Waals surface area (Å²) >= 11 is 0. The topological polar surface area (TPSA) is 63.6 Å². The Bertz CT molecular complexity index is 428. The number of esters is 1. The lowest BCUT2D eigenvalue weighted by atomic mass is 10.00. The average Bonchev–Trinajstić information content (AvgIpc) is 2.24. The van der Waals surface area contributed by atoms with Crippen LogP contribution in [0.15, 0.2) is 30.3 Å². The van der Waals surface area contributed by atoms with Gasteiger partial charge in [-0.1, -0.05) is 30.3 Å². The van der Waals surface area contributed by atoms with Crippen LogP contribution >= 0.6 is 0 Å². The van der Waals surface area contributed by atoms with Crippen LogP contribution in [0.5, 0.6) is 0 Å². The minimum atomic E-state index is -5.18. The van der Waals surface area contributed by atoms with Gasteiger partial charge in [-0.2, -0.15) is 0 Å². The summed E-state index contributed by atoms with van der Waals surface area (Å²) in [5, 5.41) is 8.73. The summed E-state index contributed by atoms with van der Waals surface area (Å²) in [5.74, 6) is -5.36. The van der Waals surface area contributed by atoms with Crippen LogP contribution in [0.2, 0.25) is 0 Å². The monoisotopic (exact) mass is 262 g/mol. The van der Waals surface area contributed by atoms with E-state index in [9.17, 15) is 22.8 Å². The van der Waals surface area contributed by atoms with Crippen LogP contribution in [0.25, 0.3) is 0 Å². The summed E-state index contributed by atoms with van der Waals surface area (Å²) < 4.78 is 38.6. The van der Waals surface area contributed by atoms with Crippen molar-refractivity contribution in [2.75, 3.05) is 0 Å². The molecule has 0 bridgehead atoms. The normalized spacial score (nSPS) is 12.8. The fraction of sp³-hybridized carbons (Fsp3) is 0.273. The lowest BCUT2D eigenvalue weighted by Gasteiger charge is -2.13. The molecule has 0 fully saturated rings. The van der Waals surface area contributed by atoms with Gasteiger partial charge in [0, 0.05) is 0 Å². The van der Waals surface area contributed by atoms with E-state index in [1.165, 1.54) is 12.1 Å². The highest BCUT2D eigenvalue weighted by molar-refractivity contribution is 5.94. The van der Waals surface area contributed by atoms with Gasteiger partial charge in [0.2, 0.25) is 0 Å². The number of carbonyl (C=O) groups excluding carboxylic acids is 1. The van der Waals surface area contributed by atoms with Crippen LogP contribution in [0.3, 0.4) is 0 Å². The number of hydrogen-bond donors (Lipinski definition) is 1. The Labute approximate surface area is 100.0 Å². The van der Waals surface area contributed by atoms with E-state index in [4.69, 9.17) is 5.11 Å². The highest BCUT2D eigenvalue weighted by Gasteiger charge is 2.39. The van der Waals surface area contributed by atoms with Crippen molar-refractivity contribution in [1.29, 1.82) is 0 Å². The first-order chi connectivity index (χ1) is 8.29. The van der Waals surface area contributed by atoms with Crippen LogP contribution in [-0.4, -0.2) is 23.4 Å². The molecule has 7 heteroatoms. The van der Waals surface area contributed by atoms with Crippen LogP contribution < -0.4 is 0 Å². The predicted octanol–water partition coefficient (Wildman–Crippen LogP) is 1.99. The van der Waals surface area contributed by atoms with Crippen molar-refractivity contribution in [1.82, 2.24) is 0 Å². The maximum Gasteiger partial charge on any atom is 0.575 e. The molecule has 0 heterocycles. The number of carboxylic acids is 1. The smallest absolute Gasteiger partial charge is 0.481 e. The first kappa shape index (κ1) is 14.0. The number of carboxylic acid groups (broad SMARTS) is 1. The largest absolute Gasteiger partial charge is 0.575 e. The zero-order valence-electron chi connectivity index (χ0n) is 8.98. The SMILES string of the molecule is O=C(O)C(Cc1ccccc1)C(=O)OC(F)(F)F. The molecule has 0 radical (unpaired) electrons. The Morgan fingerprint density at radius 2 is 1.78 bits per heavy atom. The highest BCUT2D eigenvalue weighted by atomic mass is 19.4. The summed E-state index contributed by atoms with van der Waals surface area (Å²) in [4.78, 5) is 21.8. The number of alkyl halides is 3. The highest BCUT2D eigenvalue weighted by Crippen LogP contribution is 2.20. The van der Waals surface area contributed by atoms with Crippen molar-refractivity contribution < 1.29 is 32.6 Å². The second-order valence-corrected chi connectivity index (χ2v) is 3.45. The number of aliphatic carboxylic acids is 1. The second-order valence-electron chi connectivity index (χ2n) is 3.45. The van der Waals surface area contributed by atoms with Gasteiger partial charge in [0.25, 0.3) is 0 Å². The first-order valence-corrected chi connectivity index (χ1v) is 4.86. The van der Waals surface area contributed by atoms with Crippen molar-refractivity contribution in [3.05, 3.63) is 35.9 Å². The lowest BCUT2D eigenvalue weighted by Crippen LogP contribution is -2.32. The van der Waals surface area contributed by atoms with Crippen molar-refractivity contribution in [2.45, 2.75) is 12.8 Å². The van der Waals surface area contributed by atoms with Crippen molar-refractivity contribution >= 4 is 11.9 Å². The van der Waals surface area contributed by atoms with Crippen LogP contribution in [-0.2, 0) is 20.7 Å². The van der Waals surface area contributed by atoms with Gasteiger partial charge in [0.1, 0.15) is 0 Å². The molecule has 0 aromatic heterocycles. The molecule has 18 heavy (non-hydrogen) atoms. The maximum atomic E-state index is 11.8. The molecule has 0 amide bonds. The van der Waals surface area contributed by atoms with Crippen molar-refractivity contribution in [3.8, 4) is 0 Å². The number of benzene rings is 1. The van der Waals surface area contributed by atoms with Gasteiger partial charge in [-0.05, 0) is 12.0 Å². The fourth-order valence-electron chi connectivity index (χ4n) is 1.31. The Balaban J connectivity index is 2.78. The standard InChI is InChI=1S/C11H9F3O4/c12-11(13,14)18-10(17)8(9(15)16)6-7-4-2-1-3-5-7/h1-5,8H,6H2,(H,15,16). The summed E-state index contributed by atoms with van der Waals surface area (Å²) in [5.41, 5.74) is 0.434. The third-order valence-electron chi connectivity index (χ3n) is 2.08. The van der Waals surface area contributed by atoms with Gasteiger partial charge in [0.05, 0.1) is 0 Å². The van der Waals surface area contributed by atoms with E-state index in [1.54, 1.807) is 18.2 Å². The molecule has 1 N–H and O–H groups in total. The summed E-state index contributed by atoms with van der Waals surface area (Å²) in [6.45, 7) is 0. The summed E-state index contributed by atoms with van der Waals surface area (Å²) in [6.07, 6.45) is -5.54. The number of halogens is 3. The molecule has 4 nitrogen and oxygen atoms in total. The van der Waals surface area contributed by atoms with Crippen LogP contribution in [0, 0.1) is 5.92 Å². The number of hydrogen-bond acceptors (Lipinski definition) is 3. The summed E-state index contributed by atoms with van der Waals surface area (Å²) in [7, 11) is 0. The van der Waals surface area contributed by atoms with Gasteiger partial charge in [0.15, 0.2) is 5.92 Å². The Morgan fingerprint density at radius 3 is 2.22 bits per heavy atom. The van der Waals surface area contributed by atoms with Crippen molar-refractivity contribution in [2.24, 2.45) is 5.92 Å². The number of rotatable bonds is 4. The quantitative estimate of drug-likeness (QED) is 0.665. The molecule has 1 aromatic carbocycles. The molecular formula is C11H9F3O4. The van der Waals surface area contributed by atoms with Gasteiger partial charge in [-0.15, -0.1) is 13.2 Å². The molecule has 1 aromatic rings. The molecule has 0 aliphatic carbocycles. The van der Waals surface area contributed by atoms with Crippen molar-refractivity contribution in [3.63, 3.8) is 0 Å². The van der Waals surface area contributed by atoms with E-state index < -0.39 is 24.2 Å². The van der Waals surface area contributed by atoms with Crippen LogP contribution in [0.1, 0.15) is 5.56 Å². The molecule has 0 aliphatic heterocycles. The predicted molar refractivity (Wildman–Crippen MR) is 53.4 cm³/mol. The van der Waals surface area contributed by atoms with Crippen LogP contribution in [0.4, 0.5) is 13.2 Å². The molecule has 0 saturated heterocycles. The Kier molecular flexibility index (Phi) is 4.30. The number of ether oxygens (including phenoxy) is 1. The molecule has 0 spiro atoms. The van der Waals surface area contributed by atoms with Gasteiger partial charge in [-0.25, -0.2) is 0 Å². The van der Waals surface area contributed by atoms with E-state index in [-0.39, 0.29) is 6.42 Å². The first-order valence-electron chi connectivity index (χ1n) is 4.86. The molecule has 0 aliphatic rings. The third-order valence-corrected chi connectivity index (χ3v) is 2.08. The Morgan fingerprint density at radius 1 is 1.22 bits per heavy atom. The average molecular weight is 262 g/mol. The van der Waals surface area contributed by atoms with E-state index in [1.807, 2.05) is 0 Å². The Hall–Kier alpha value is -2.05. The molecule has 0 saturated carbocycles. The molecule has 1 atom stereocenters. The fourth-order valence-corrected chi connectivity index (χ4v) is 1.31. The van der Waals surface area contributed by atoms with E-state index >= 15 is 0 Å². The molecule has 1 unspecified atom stereocenters. The van der Waals surface area contributed by atoms with Gasteiger partial charge in [-0.3, -0.25) is 9.59 Å². The minimum absolute atomic E-state index is 0.356. The summed E-state index contributed by atoms with van der Waals surface area (Å²) in [6, 6.07) is 7.85. The lowest BCUT2D eigenvalue weighted by molar-refractivity contribution is -0.307. The zero-order valence-corrected chi connectivity index (χ0v) is 8.98. The van der Waals surface area contributed by atoms with Gasteiger partial charge >= 0.3 is 18.3 Å². The zero-order chi connectivity index (χ0) is 13.8. The third kappa shape index (κ3) is 4.44. The maximum absolute atomic E-state index is 11.8. The molecule has 98 valence electrons. The minimum Gasteiger partial charge on any atom is -0.481 e.